The highest BCUT2D eigenvalue weighted by atomic mass is 16.5. The number of aromatic nitrogens is 2. The zero-order valence-electron chi connectivity index (χ0n) is 18.4. The first-order chi connectivity index (χ1) is 15.4. The van der Waals surface area contributed by atoms with Crippen LogP contribution in [-0.2, 0) is 27.9 Å². The molecule has 170 valence electrons. The second-order valence-electron chi connectivity index (χ2n) is 6.97. The number of nitrogens with one attached hydrogen (secondary N) is 1. The zero-order chi connectivity index (χ0) is 23.1. The molecule has 32 heavy (non-hydrogen) atoms. The summed E-state index contributed by atoms with van der Waals surface area (Å²) in [5.74, 6) is 0.0566. The fourth-order valence-corrected chi connectivity index (χ4v) is 3.33. The van der Waals surface area contributed by atoms with Gasteiger partial charge in [0.05, 0.1) is 30.7 Å². The predicted molar refractivity (Wildman–Crippen MR) is 120 cm³/mol. The van der Waals surface area contributed by atoms with Crippen LogP contribution in [0.3, 0.4) is 0 Å². The van der Waals surface area contributed by atoms with E-state index in [9.17, 15) is 14.4 Å². The minimum atomic E-state index is -0.568. The maximum Gasteiger partial charge on any atom is 0.328 e. The standard InChI is InChI=1S/C23H27N3O6/c1-4-30-19-11-10-16(14-20(19)31-5-2)24-21(27)15-32-22(28)12-13-26-18-9-7-6-8-17(18)25(3)23(26)29/h6-11,14H,4-5,12-13,15H2,1-3H3,(H,24,27). The van der Waals surface area contributed by atoms with Crippen LogP contribution in [0.5, 0.6) is 11.5 Å². The van der Waals surface area contributed by atoms with Gasteiger partial charge in [0.15, 0.2) is 18.1 Å². The van der Waals surface area contributed by atoms with Crippen molar-refractivity contribution in [1.82, 2.24) is 9.13 Å². The molecule has 1 heterocycles. The van der Waals surface area contributed by atoms with Crippen molar-refractivity contribution in [3.05, 3.63) is 52.9 Å². The number of amides is 1. The van der Waals surface area contributed by atoms with E-state index in [1.165, 1.54) is 9.13 Å². The summed E-state index contributed by atoms with van der Waals surface area (Å²) in [6, 6.07) is 12.4. The first-order valence-electron chi connectivity index (χ1n) is 10.4. The Morgan fingerprint density at radius 1 is 0.969 bits per heavy atom. The predicted octanol–water partition coefficient (Wildman–Crippen LogP) is 2.71. The summed E-state index contributed by atoms with van der Waals surface area (Å²) < 4.78 is 19.1. The van der Waals surface area contributed by atoms with Crippen molar-refractivity contribution in [3.63, 3.8) is 0 Å². The molecule has 1 amide bonds. The summed E-state index contributed by atoms with van der Waals surface area (Å²) in [5.41, 5.74) is 1.82. The molecule has 0 aliphatic heterocycles. The minimum Gasteiger partial charge on any atom is -0.490 e. The summed E-state index contributed by atoms with van der Waals surface area (Å²) in [7, 11) is 1.68. The third kappa shape index (κ3) is 5.29. The molecule has 0 radical (unpaired) electrons. The van der Waals surface area contributed by atoms with Crippen molar-refractivity contribution in [2.45, 2.75) is 26.8 Å². The first-order valence-corrected chi connectivity index (χ1v) is 10.4. The molecular weight excluding hydrogens is 414 g/mol. The number of imidazole rings is 1. The van der Waals surface area contributed by atoms with Gasteiger partial charge in [-0.15, -0.1) is 0 Å². The number of ether oxygens (including phenoxy) is 3. The van der Waals surface area contributed by atoms with Crippen molar-refractivity contribution < 1.29 is 23.8 Å². The Bertz CT molecular complexity index is 1160. The number of carbonyl (C=O) groups excluding carboxylic acids is 2. The van der Waals surface area contributed by atoms with E-state index in [4.69, 9.17) is 14.2 Å². The number of anilines is 1. The van der Waals surface area contributed by atoms with Gasteiger partial charge in [-0.2, -0.15) is 0 Å². The summed E-state index contributed by atoms with van der Waals surface area (Å²) in [5, 5.41) is 2.67. The van der Waals surface area contributed by atoms with Gasteiger partial charge in [0, 0.05) is 25.3 Å². The molecule has 0 aliphatic carbocycles. The van der Waals surface area contributed by atoms with Crippen molar-refractivity contribution in [1.29, 1.82) is 0 Å². The maximum atomic E-state index is 12.4. The fraction of sp³-hybridized carbons (Fsp3) is 0.348. The lowest BCUT2D eigenvalue weighted by Crippen LogP contribution is -2.25. The van der Waals surface area contributed by atoms with Crippen LogP contribution in [0.4, 0.5) is 5.69 Å². The Morgan fingerprint density at radius 2 is 1.66 bits per heavy atom. The van der Waals surface area contributed by atoms with E-state index in [1.54, 1.807) is 25.2 Å². The molecule has 0 bridgehead atoms. The van der Waals surface area contributed by atoms with Crippen LogP contribution in [0.25, 0.3) is 11.0 Å². The third-order valence-corrected chi connectivity index (χ3v) is 4.78. The van der Waals surface area contributed by atoms with Gasteiger partial charge in [0.1, 0.15) is 0 Å². The van der Waals surface area contributed by atoms with E-state index in [0.717, 1.165) is 11.0 Å². The second-order valence-corrected chi connectivity index (χ2v) is 6.97. The van der Waals surface area contributed by atoms with Crippen LogP contribution < -0.4 is 20.5 Å². The monoisotopic (exact) mass is 441 g/mol. The molecule has 9 nitrogen and oxygen atoms in total. The maximum absolute atomic E-state index is 12.4. The highest BCUT2D eigenvalue weighted by molar-refractivity contribution is 5.93. The number of carbonyl (C=O) groups is 2. The quantitative estimate of drug-likeness (QED) is 0.486. The Morgan fingerprint density at radius 3 is 2.38 bits per heavy atom. The van der Waals surface area contributed by atoms with E-state index in [0.29, 0.717) is 30.4 Å². The number of aryl methyl sites for hydroxylation is 2. The zero-order valence-corrected chi connectivity index (χ0v) is 18.4. The summed E-state index contributed by atoms with van der Waals surface area (Å²) >= 11 is 0. The van der Waals surface area contributed by atoms with Crippen LogP contribution in [-0.4, -0.2) is 40.8 Å². The number of hydrogen-bond acceptors (Lipinski definition) is 6. The van der Waals surface area contributed by atoms with Crippen molar-refractivity contribution in [3.8, 4) is 11.5 Å². The molecule has 0 saturated carbocycles. The van der Waals surface area contributed by atoms with E-state index in [2.05, 4.69) is 5.32 Å². The molecule has 9 heteroatoms. The van der Waals surface area contributed by atoms with Gasteiger partial charge in [-0.05, 0) is 38.1 Å². The molecule has 2 aromatic carbocycles. The Kier molecular flexibility index (Phi) is 7.54. The molecule has 0 saturated heterocycles. The van der Waals surface area contributed by atoms with Gasteiger partial charge in [-0.3, -0.25) is 18.7 Å². The number of benzene rings is 2. The molecule has 3 rings (SSSR count). The Labute approximate surface area is 185 Å². The van der Waals surface area contributed by atoms with Crippen molar-refractivity contribution in [2.24, 2.45) is 7.05 Å². The molecule has 0 spiro atoms. The second kappa shape index (κ2) is 10.5. The summed E-state index contributed by atoms with van der Waals surface area (Å²) in [6.45, 7) is 4.41. The van der Waals surface area contributed by atoms with Crippen LogP contribution in [0.15, 0.2) is 47.3 Å². The van der Waals surface area contributed by atoms with Gasteiger partial charge >= 0.3 is 11.7 Å². The fourth-order valence-electron chi connectivity index (χ4n) is 3.33. The molecular formula is C23H27N3O6. The van der Waals surface area contributed by atoms with Gasteiger partial charge in [-0.1, -0.05) is 12.1 Å². The average molecular weight is 441 g/mol. The number of fused-ring (bicyclic) bond motifs is 1. The van der Waals surface area contributed by atoms with E-state index >= 15 is 0 Å². The molecule has 1 aromatic heterocycles. The molecule has 1 N–H and O–H groups in total. The molecule has 0 atom stereocenters. The van der Waals surface area contributed by atoms with Crippen molar-refractivity contribution in [2.75, 3.05) is 25.1 Å². The number of esters is 1. The molecule has 3 aromatic rings. The van der Waals surface area contributed by atoms with Gasteiger partial charge in [-0.25, -0.2) is 4.79 Å². The lowest BCUT2D eigenvalue weighted by atomic mass is 10.2. The summed E-state index contributed by atoms with van der Waals surface area (Å²) in [6.07, 6.45) is -0.0290. The van der Waals surface area contributed by atoms with Crippen molar-refractivity contribution >= 4 is 28.6 Å². The van der Waals surface area contributed by atoms with Crippen LogP contribution in [0.1, 0.15) is 20.3 Å². The lowest BCUT2D eigenvalue weighted by molar-refractivity contribution is -0.147. The number of para-hydroxylation sites is 2. The van der Waals surface area contributed by atoms with Gasteiger partial charge < -0.3 is 19.5 Å². The Hall–Kier alpha value is -3.75. The van der Waals surface area contributed by atoms with Crippen LogP contribution >= 0.6 is 0 Å². The minimum absolute atomic E-state index is 0.0290. The van der Waals surface area contributed by atoms with E-state index in [1.807, 2.05) is 38.1 Å². The highest BCUT2D eigenvalue weighted by Gasteiger charge is 2.14. The van der Waals surface area contributed by atoms with Crippen LogP contribution in [0.2, 0.25) is 0 Å². The van der Waals surface area contributed by atoms with Gasteiger partial charge in [0.2, 0.25) is 0 Å². The Balaban J connectivity index is 1.53. The lowest BCUT2D eigenvalue weighted by Gasteiger charge is -2.13. The number of nitrogens with zero attached hydrogens (tertiary/aromatic N) is 2. The molecule has 0 unspecified atom stereocenters. The molecule has 0 fully saturated rings. The topological polar surface area (TPSA) is 101 Å². The SMILES string of the molecule is CCOc1ccc(NC(=O)COC(=O)CCn2c(=O)n(C)c3ccccc32)cc1OCC. The van der Waals surface area contributed by atoms with Crippen LogP contribution in [0, 0.1) is 0 Å². The number of rotatable bonds is 10. The third-order valence-electron chi connectivity index (χ3n) is 4.78. The van der Waals surface area contributed by atoms with E-state index in [-0.39, 0.29) is 18.7 Å². The largest absolute Gasteiger partial charge is 0.490 e. The average Bonchev–Trinajstić information content (AvgIpc) is 3.03. The normalized spacial score (nSPS) is 10.7. The number of hydrogen-bond donors (Lipinski definition) is 1. The highest BCUT2D eigenvalue weighted by Crippen LogP contribution is 2.30. The first kappa shape index (κ1) is 22.9. The molecule has 0 aliphatic rings. The smallest absolute Gasteiger partial charge is 0.328 e. The van der Waals surface area contributed by atoms with E-state index < -0.39 is 18.5 Å². The summed E-state index contributed by atoms with van der Waals surface area (Å²) in [4.78, 5) is 36.7. The van der Waals surface area contributed by atoms with Gasteiger partial charge in [0.25, 0.3) is 5.91 Å².